The van der Waals surface area contributed by atoms with E-state index in [4.69, 9.17) is 5.73 Å². The highest BCUT2D eigenvalue weighted by Gasteiger charge is 2.13. The van der Waals surface area contributed by atoms with Crippen LogP contribution in [0, 0.1) is 0 Å². The van der Waals surface area contributed by atoms with E-state index in [-0.39, 0.29) is 0 Å². The number of nitrogen functional groups attached to an aromatic ring is 1. The summed E-state index contributed by atoms with van der Waals surface area (Å²) < 4.78 is 2.09. The molecule has 0 atom stereocenters. The highest BCUT2D eigenvalue weighted by Crippen LogP contribution is 2.30. The number of benzene rings is 1. The van der Waals surface area contributed by atoms with Gasteiger partial charge in [0.05, 0.1) is 11.9 Å². The van der Waals surface area contributed by atoms with Gasteiger partial charge in [-0.25, -0.2) is 4.98 Å². The van der Waals surface area contributed by atoms with Gasteiger partial charge in [0.2, 0.25) is 0 Å². The van der Waals surface area contributed by atoms with Gasteiger partial charge in [0, 0.05) is 5.38 Å². The lowest BCUT2D eigenvalue weighted by Crippen LogP contribution is -2.02. The van der Waals surface area contributed by atoms with Crippen molar-refractivity contribution in [2.75, 3.05) is 5.73 Å². The van der Waals surface area contributed by atoms with Crippen molar-refractivity contribution >= 4 is 22.1 Å². The van der Waals surface area contributed by atoms with E-state index >= 15 is 0 Å². The summed E-state index contributed by atoms with van der Waals surface area (Å²) in [6.45, 7) is 0. The number of nitrogens with zero attached hydrogens (tertiary/aromatic N) is 2. The first-order chi connectivity index (χ1) is 9.31. The summed E-state index contributed by atoms with van der Waals surface area (Å²) in [5.74, 6) is 0.589. The van der Waals surface area contributed by atoms with E-state index in [0.29, 0.717) is 5.82 Å². The first-order valence-corrected chi connectivity index (χ1v) is 7.53. The highest BCUT2D eigenvalue weighted by molar-refractivity contribution is 7.15. The Kier molecular flexibility index (Phi) is 2.38. The summed E-state index contributed by atoms with van der Waals surface area (Å²) >= 11 is 1.64. The first kappa shape index (κ1) is 11.1. The molecule has 0 saturated heterocycles. The molecule has 0 aliphatic heterocycles. The molecule has 2 N–H and O–H groups in total. The number of aromatic nitrogens is 2. The molecular formula is C15H15N3S. The predicted molar refractivity (Wildman–Crippen MR) is 79.6 cm³/mol. The lowest BCUT2D eigenvalue weighted by Gasteiger charge is -2.16. The topological polar surface area (TPSA) is 43.3 Å². The Bertz CT molecular complexity index is 754. The molecule has 0 unspecified atom stereocenters. The SMILES string of the molecule is Nc1cn2c(-c3ccc4c(c3)CCCC4)csc2n1. The zero-order chi connectivity index (χ0) is 12.8. The molecule has 0 bridgehead atoms. The Balaban J connectivity index is 1.87. The number of anilines is 1. The quantitative estimate of drug-likeness (QED) is 0.734. The van der Waals surface area contributed by atoms with Crippen LogP contribution < -0.4 is 5.73 Å². The number of imidazole rings is 1. The molecule has 1 aromatic carbocycles. The smallest absolute Gasteiger partial charge is 0.196 e. The number of hydrogen-bond acceptors (Lipinski definition) is 3. The summed E-state index contributed by atoms with van der Waals surface area (Å²) in [5, 5.41) is 2.16. The third kappa shape index (κ3) is 1.75. The van der Waals surface area contributed by atoms with Crippen molar-refractivity contribution in [3.05, 3.63) is 40.9 Å². The van der Waals surface area contributed by atoms with Gasteiger partial charge < -0.3 is 5.73 Å². The molecule has 3 aromatic rings. The third-order valence-electron chi connectivity index (χ3n) is 3.87. The van der Waals surface area contributed by atoms with Gasteiger partial charge >= 0.3 is 0 Å². The molecule has 0 spiro atoms. The Hall–Kier alpha value is -1.81. The minimum atomic E-state index is 0.589. The average molecular weight is 269 g/mol. The molecule has 2 heterocycles. The van der Waals surface area contributed by atoms with Crippen LogP contribution in [0.4, 0.5) is 5.82 Å². The van der Waals surface area contributed by atoms with Crippen LogP contribution in [0.2, 0.25) is 0 Å². The van der Waals surface area contributed by atoms with Gasteiger partial charge in [-0.05, 0) is 48.4 Å². The van der Waals surface area contributed by atoms with Crippen molar-refractivity contribution in [1.82, 2.24) is 9.38 Å². The molecule has 0 amide bonds. The second-order valence-electron chi connectivity index (χ2n) is 5.13. The second-order valence-corrected chi connectivity index (χ2v) is 5.97. The number of fused-ring (bicyclic) bond motifs is 2. The van der Waals surface area contributed by atoms with E-state index in [0.717, 1.165) is 4.96 Å². The van der Waals surface area contributed by atoms with E-state index in [1.807, 2.05) is 6.20 Å². The molecule has 4 rings (SSSR count). The lowest BCUT2D eigenvalue weighted by molar-refractivity contribution is 0.686. The van der Waals surface area contributed by atoms with Crippen LogP contribution in [0.25, 0.3) is 16.2 Å². The highest BCUT2D eigenvalue weighted by atomic mass is 32.1. The number of hydrogen-bond donors (Lipinski definition) is 1. The monoisotopic (exact) mass is 269 g/mol. The Labute approximate surface area is 115 Å². The van der Waals surface area contributed by atoms with Crippen molar-refractivity contribution in [2.45, 2.75) is 25.7 Å². The molecule has 1 aliphatic rings. The predicted octanol–water partition coefficient (Wildman–Crippen LogP) is 3.52. The van der Waals surface area contributed by atoms with E-state index in [2.05, 4.69) is 33.0 Å². The largest absolute Gasteiger partial charge is 0.382 e. The fourth-order valence-corrected chi connectivity index (χ4v) is 3.79. The minimum Gasteiger partial charge on any atom is -0.382 e. The number of rotatable bonds is 1. The lowest BCUT2D eigenvalue weighted by atomic mass is 9.90. The van der Waals surface area contributed by atoms with Gasteiger partial charge in [0.15, 0.2) is 4.96 Å². The average Bonchev–Trinajstić information content (AvgIpc) is 2.97. The summed E-state index contributed by atoms with van der Waals surface area (Å²) in [5.41, 5.74) is 11.3. The van der Waals surface area contributed by atoms with Gasteiger partial charge in [-0.15, -0.1) is 11.3 Å². The molecule has 0 saturated carbocycles. The van der Waals surface area contributed by atoms with Gasteiger partial charge in [-0.1, -0.05) is 12.1 Å². The molecule has 96 valence electrons. The van der Waals surface area contributed by atoms with Gasteiger partial charge in [-0.3, -0.25) is 4.40 Å². The normalized spacial score (nSPS) is 14.7. The standard InChI is InChI=1S/C15H15N3S/c16-14-8-18-13(9-19-15(18)17-14)12-6-5-10-3-1-2-4-11(10)7-12/h5-9H,1-4,16H2. The zero-order valence-corrected chi connectivity index (χ0v) is 11.4. The van der Waals surface area contributed by atoms with E-state index < -0.39 is 0 Å². The van der Waals surface area contributed by atoms with Crippen molar-refractivity contribution < 1.29 is 0 Å². The summed E-state index contributed by atoms with van der Waals surface area (Å²) in [6.07, 6.45) is 6.98. The van der Waals surface area contributed by atoms with Crippen LogP contribution in [0.5, 0.6) is 0 Å². The summed E-state index contributed by atoms with van der Waals surface area (Å²) in [7, 11) is 0. The van der Waals surface area contributed by atoms with Crippen LogP contribution in [0.15, 0.2) is 29.8 Å². The van der Waals surface area contributed by atoms with E-state index in [1.54, 1.807) is 11.3 Å². The van der Waals surface area contributed by atoms with E-state index in [9.17, 15) is 0 Å². The molecule has 4 heteroatoms. The zero-order valence-electron chi connectivity index (χ0n) is 10.6. The van der Waals surface area contributed by atoms with Gasteiger partial charge in [0.1, 0.15) is 5.82 Å². The Morgan fingerprint density at radius 3 is 2.89 bits per heavy atom. The molecule has 0 fully saturated rings. The fourth-order valence-electron chi connectivity index (χ4n) is 2.90. The van der Waals surface area contributed by atoms with Crippen molar-refractivity contribution in [2.24, 2.45) is 0 Å². The Morgan fingerprint density at radius 1 is 1.16 bits per heavy atom. The third-order valence-corrected chi connectivity index (χ3v) is 4.71. The van der Waals surface area contributed by atoms with Crippen molar-refractivity contribution in [3.8, 4) is 11.3 Å². The number of thiazole rings is 1. The van der Waals surface area contributed by atoms with Crippen LogP contribution in [-0.2, 0) is 12.8 Å². The van der Waals surface area contributed by atoms with Gasteiger partial charge in [-0.2, -0.15) is 0 Å². The second kappa shape index (κ2) is 4.10. The summed E-state index contributed by atoms with van der Waals surface area (Å²) in [6, 6.07) is 6.85. The fraction of sp³-hybridized carbons (Fsp3) is 0.267. The maximum absolute atomic E-state index is 5.77. The molecule has 19 heavy (non-hydrogen) atoms. The van der Waals surface area contributed by atoms with Crippen molar-refractivity contribution in [3.63, 3.8) is 0 Å². The molecule has 0 radical (unpaired) electrons. The van der Waals surface area contributed by atoms with Crippen LogP contribution >= 0.6 is 11.3 Å². The number of nitrogens with two attached hydrogens (primary N) is 1. The number of aryl methyl sites for hydroxylation is 2. The molecule has 1 aliphatic carbocycles. The maximum atomic E-state index is 5.77. The minimum absolute atomic E-state index is 0.589. The van der Waals surface area contributed by atoms with Crippen molar-refractivity contribution in [1.29, 1.82) is 0 Å². The maximum Gasteiger partial charge on any atom is 0.196 e. The Morgan fingerprint density at radius 2 is 2.00 bits per heavy atom. The van der Waals surface area contributed by atoms with E-state index in [1.165, 1.54) is 48.1 Å². The molecule has 3 nitrogen and oxygen atoms in total. The summed E-state index contributed by atoms with van der Waals surface area (Å²) in [4.78, 5) is 5.27. The molecule has 2 aromatic heterocycles. The first-order valence-electron chi connectivity index (χ1n) is 6.65. The van der Waals surface area contributed by atoms with Crippen LogP contribution in [0.1, 0.15) is 24.0 Å². The van der Waals surface area contributed by atoms with Crippen LogP contribution in [-0.4, -0.2) is 9.38 Å². The molecular weight excluding hydrogens is 254 g/mol. The van der Waals surface area contributed by atoms with Crippen LogP contribution in [0.3, 0.4) is 0 Å². The van der Waals surface area contributed by atoms with Gasteiger partial charge in [0.25, 0.3) is 0 Å².